The second kappa shape index (κ2) is 11.3. The summed E-state index contributed by atoms with van der Waals surface area (Å²) in [6, 6.07) is 49.8. The zero-order chi connectivity index (χ0) is 35.5. The molecule has 0 aliphatic heterocycles. The van der Waals surface area contributed by atoms with Crippen molar-refractivity contribution in [2.45, 2.75) is 0 Å². The predicted molar refractivity (Wildman–Crippen MR) is 198 cm³/mol. The van der Waals surface area contributed by atoms with Gasteiger partial charge in [-0.25, -0.2) is 4.98 Å². The zero-order valence-electron chi connectivity index (χ0n) is 30.3. The van der Waals surface area contributed by atoms with Crippen LogP contribution in [0.3, 0.4) is 0 Å². The highest BCUT2D eigenvalue weighted by molar-refractivity contribution is 6.22. The molecule has 0 amide bonds. The highest BCUT2D eigenvalue weighted by Gasteiger charge is 2.19. The first-order chi connectivity index (χ1) is 25.4. The Hall–Kier alpha value is -6.25. The van der Waals surface area contributed by atoms with E-state index in [-0.39, 0.29) is 29.7 Å². The zero-order valence-corrected chi connectivity index (χ0v) is 25.3. The average molecular weight is 604 g/mol. The van der Waals surface area contributed by atoms with Crippen LogP contribution in [0.4, 0.5) is 0 Å². The van der Waals surface area contributed by atoms with Gasteiger partial charge in [-0.1, -0.05) is 158 Å². The van der Waals surface area contributed by atoms with Gasteiger partial charge in [0.2, 0.25) is 0 Å². The van der Waals surface area contributed by atoms with Gasteiger partial charge in [0.1, 0.15) is 5.82 Å². The highest BCUT2D eigenvalue weighted by Crippen LogP contribution is 2.46. The van der Waals surface area contributed by atoms with Gasteiger partial charge in [0.25, 0.3) is 0 Å². The largest absolute Gasteiger partial charge is 0.292 e. The second-order valence-corrected chi connectivity index (χ2v) is 11.6. The number of imidazole rings is 1. The Balaban J connectivity index is 1.27. The second-order valence-electron chi connectivity index (χ2n) is 11.6. The number of rotatable bonds is 5. The molecule has 0 spiro atoms. The van der Waals surface area contributed by atoms with E-state index in [4.69, 9.17) is 11.8 Å². The van der Waals surface area contributed by atoms with Crippen LogP contribution in [-0.4, -0.2) is 9.55 Å². The summed E-state index contributed by atoms with van der Waals surface area (Å²) in [7, 11) is 0. The molecule has 9 aromatic rings. The lowest BCUT2D eigenvalue weighted by Crippen LogP contribution is -1.98. The molecule has 2 heteroatoms. The Kier molecular flexibility index (Phi) is 5.35. The minimum absolute atomic E-state index is 0.191. The number of para-hydroxylation sites is 2. The fourth-order valence-corrected chi connectivity index (χ4v) is 6.88. The van der Waals surface area contributed by atoms with Gasteiger partial charge in [-0.3, -0.25) is 4.57 Å². The molecule has 0 saturated heterocycles. The van der Waals surface area contributed by atoms with Crippen LogP contribution in [0.2, 0.25) is 0 Å². The lowest BCUT2D eigenvalue weighted by molar-refractivity contribution is 1.10. The topological polar surface area (TPSA) is 17.8 Å². The van der Waals surface area contributed by atoms with E-state index in [1.807, 2.05) is 84.9 Å². The third-order valence-corrected chi connectivity index (χ3v) is 8.90. The molecule has 8 aromatic carbocycles. The van der Waals surface area contributed by atoms with Gasteiger partial charge < -0.3 is 0 Å². The molecular weight excluding hydrogens is 569 g/mol. The molecule has 0 fully saturated rings. The third kappa shape index (κ3) is 4.54. The summed E-state index contributed by atoms with van der Waals surface area (Å²) < 4.78 is 44.8. The third-order valence-electron chi connectivity index (χ3n) is 8.90. The van der Waals surface area contributed by atoms with Gasteiger partial charge in [0.15, 0.2) is 0 Å². The molecule has 1 heterocycles. The number of hydrogen-bond donors (Lipinski definition) is 0. The summed E-state index contributed by atoms with van der Waals surface area (Å²) in [4.78, 5) is 5.02. The Morgan fingerprint density at radius 1 is 0.426 bits per heavy atom. The SMILES string of the molecule is [2H]c1c([2H])c([2H])c(-c2ccccc2-c2c3ccccc3c(-c3ccc(-n4c(-c5ccccc5)nc5ccccc54)cc3)c3ccccc23)c([2H])c1[2H]. The predicted octanol–water partition coefficient (Wildman–Crippen LogP) is 12.0. The molecule has 1 aromatic heterocycles. The summed E-state index contributed by atoms with van der Waals surface area (Å²) in [6.45, 7) is 0. The minimum atomic E-state index is -0.403. The first kappa shape index (κ1) is 22.3. The van der Waals surface area contributed by atoms with E-state index in [0.717, 1.165) is 71.9 Å². The molecule has 0 saturated carbocycles. The first-order valence-corrected chi connectivity index (χ1v) is 15.7. The van der Waals surface area contributed by atoms with Crippen LogP contribution in [0.25, 0.3) is 83.0 Å². The number of hydrogen-bond acceptors (Lipinski definition) is 1. The van der Waals surface area contributed by atoms with E-state index in [0.29, 0.717) is 5.56 Å². The van der Waals surface area contributed by atoms with Gasteiger partial charge in [0.05, 0.1) is 17.9 Å². The number of fused-ring (bicyclic) bond motifs is 3. The molecule has 0 bridgehead atoms. The Morgan fingerprint density at radius 3 is 1.66 bits per heavy atom. The van der Waals surface area contributed by atoms with Gasteiger partial charge in [0, 0.05) is 11.3 Å². The number of aromatic nitrogens is 2. The van der Waals surface area contributed by atoms with Crippen molar-refractivity contribution in [3.63, 3.8) is 0 Å². The van der Waals surface area contributed by atoms with E-state index in [1.54, 1.807) is 0 Å². The maximum absolute atomic E-state index is 8.80. The van der Waals surface area contributed by atoms with Crippen LogP contribution in [-0.2, 0) is 0 Å². The molecule has 220 valence electrons. The molecule has 0 atom stereocenters. The van der Waals surface area contributed by atoms with Crippen molar-refractivity contribution in [1.29, 1.82) is 0 Å². The van der Waals surface area contributed by atoms with Crippen molar-refractivity contribution in [2.75, 3.05) is 0 Å². The van der Waals surface area contributed by atoms with Crippen molar-refractivity contribution in [2.24, 2.45) is 0 Å². The van der Waals surface area contributed by atoms with E-state index < -0.39 is 6.04 Å². The first-order valence-electron chi connectivity index (χ1n) is 18.2. The molecule has 0 unspecified atom stereocenters. The fraction of sp³-hybridized carbons (Fsp3) is 0. The summed E-state index contributed by atoms with van der Waals surface area (Å²) in [5, 5.41) is 4.12. The average Bonchev–Trinajstić information content (AvgIpc) is 3.59. The van der Waals surface area contributed by atoms with Crippen LogP contribution in [0, 0.1) is 0 Å². The Bertz CT molecular complexity index is 2760. The van der Waals surface area contributed by atoms with Crippen LogP contribution in [0.15, 0.2) is 182 Å². The summed E-state index contributed by atoms with van der Waals surface area (Å²) in [5.41, 5.74) is 8.71. The van der Waals surface area contributed by atoms with Crippen LogP contribution < -0.4 is 0 Å². The van der Waals surface area contributed by atoms with E-state index in [2.05, 4.69) is 71.3 Å². The van der Waals surface area contributed by atoms with E-state index in [9.17, 15) is 0 Å². The molecule has 0 N–H and O–H groups in total. The van der Waals surface area contributed by atoms with Crippen LogP contribution >= 0.6 is 0 Å². The molecular formula is C45H30N2. The fourth-order valence-electron chi connectivity index (χ4n) is 6.88. The molecule has 0 aliphatic carbocycles. The van der Waals surface area contributed by atoms with Gasteiger partial charge in [-0.05, 0) is 79.2 Å². The van der Waals surface area contributed by atoms with Gasteiger partial charge in [-0.15, -0.1) is 0 Å². The molecule has 47 heavy (non-hydrogen) atoms. The van der Waals surface area contributed by atoms with Crippen molar-refractivity contribution >= 4 is 32.6 Å². The summed E-state index contributed by atoms with van der Waals surface area (Å²) in [6.07, 6.45) is 0. The molecule has 0 aliphatic rings. The van der Waals surface area contributed by atoms with Crippen molar-refractivity contribution < 1.29 is 6.85 Å². The monoisotopic (exact) mass is 603 g/mol. The van der Waals surface area contributed by atoms with E-state index >= 15 is 0 Å². The summed E-state index contributed by atoms with van der Waals surface area (Å²) >= 11 is 0. The lowest BCUT2D eigenvalue weighted by Gasteiger charge is -2.20. The smallest absolute Gasteiger partial charge is 0.145 e. The van der Waals surface area contributed by atoms with Crippen molar-refractivity contribution in [1.82, 2.24) is 9.55 Å². The molecule has 0 radical (unpaired) electrons. The van der Waals surface area contributed by atoms with E-state index in [1.165, 1.54) is 0 Å². The van der Waals surface area contributed by atoms with Crippen LogP contribution in [0.5, 0.6) is 0 Å². The standard InChI is InChI=1S/C45H30N2/c1-3-15-31(16-4-1)35-19-7-8-20-36(35)44-39-23-11-9-21-37(39)43(38-22-10-12-24-40(38)44)32-27-29-34(30-28-32)47-42-26-14-13-25-41(42)46-45(47)33-17-5-2-6-18-33/h1-30H/i1D,3D,4D,15D,16D. The van der Waals surface area contributed by atoms with Crippen molar-refractivity contribution in [3.8, 4) is 50.5 Å². The molecule has 9 rings (SSSR count). The minimum Gasteiger partial charge on any atom is -0.292 e. The Labute approximate surface area is 280 Å². The van der Waals surface area contributed by atoms with Crippen molar-refractivity contribution in [3.05, 3.63) is 182 Å². The maximum Gasteiger partial charge on any atom is 0.145 e. The Morgan fingerprint density at radius 2 is 0.979 bits per heavy atom. The quantitative estimate of drug-likeness (QED) is 0.179. The van der Waals surface area contributed by atoms with Crippen LogP contribution in [0.1, 0.15) is 6.85 Å². The lowest BCUT2D eigenvalue weighted by atomic mass is 9.84. The number of benzene rings is 8. The number of nitrogens with zero attached hydrogens (tertiary/aromatic N) is 2. The highest BCUT2D eigenvalue weighted by atomic mass is 15.1. The van der Waals surface area contributed by atoms with Gasteiger partial charge >= 0.3 is 0 Å². The van der Waals surface area contributed by atoms with Gasteiger partial charge in [-0.2, -0.15) is 0 Å². The molecule has 2 nitrogen and oxygen atoms in total. The normalized spacial score (nSPS) is 12.9. The maximum atomic E-state index is 8.80. The summed E-state index contributed by atoms with van der Waals surface area (Å²) in [5.74, 6) is 0.882.